The summed E-state index contributed by atoms with van der Waals surface area (Å²) in [4.78, 5) is 8.66. The highest BCUT2D eigenvalue weighted by Crippen LogP contribution is 2.23. The van der Waals surface area contributed by atoms with E-state index < -0.39 is 0 Å². The zero-order valence-corrected chi connectivity index (χ0v) is 13.5. The molecule has 1 fully saturated rings. The van der Waals surface area contributed by atoms with Gasteiger partial charge in [0.05, 0.1) is 0 Å². The lowest BCUT2D eigenvalue weighted by molar-refractivity contribution is 0.324. The van der Waals surface area contributed by atoms with Crippen molar-refractivity contribution in [2.24, 2.45) is 10.9 Å². The molecule has 2 unspecified atom stereocenters. The fraction of sp³-hybridized carbons (Fsp3) is 0.647. The van der Waals surface area contributed by atoms with Gasteiger partial charge in [0.2, 0.25) is 0 Å². The Morgan fingerprint density at radius 2 is 2.24 bits per heavy atom. The van der Waals surface area contributed by atoms with Crippen LogP contribution >= 0.6 is 0 Å². The van der Waals surface area contributed by atoms with E-state index in [0.717, 1.165) is 30.5 Å². The largest absolute Gasteiger partial charge is 0.356 e. The van der Waals surface area contributed by atoms with Crippen molar-refractivity contribution in [3.8, 4) is 0 Å². The molecule has 1 aromatic rings. The highest BCUT2D eigenvalue weighted by atomic mass is 15.2. The summed E-state index contributed by atoms with van der Waals surface area (Å²) in [7, 11) is 1.84. The van der Waals surface area contributed by atoms with Crippen LogP contribution in [0.3, 0.4) is 0 Å². The zero-order chi connectivity index (χ0) is 15.1. The third kappa shape index (κ3) is 5.37. The van der Waals surface area contributed by atoms with Gasteiger partial charge in [-0.3, -0.25) is 9.98 Å². The molecule has 0 aromatic carbocycles. The highest BCUT2D eigenvalue weighted by molar-refractivity contribution is 5.79. The molecule has 2 rings (SSSR count). The van der Waals surface area contributed by atoms with Crippen LogP contribution in [0.5, 0.6) is 0 Å². The Bertz CT molecular complexity index is 452. The van der Waals surface area contributed by atoms with E-state index in [4.69, 9.17) is 0 Å². The average molecular weight is 288 g/mol. The number of guanidine groups is 1. The molecule has 0 saturated heterocycles. The number of aromatic nitrogens is 1. The first kappa shape index (κ1) is 15.8. The average Bonchev–Trinajstić information content (AvgIpc) is 2.48. The molecule has 0 spiro atoms. The molecule has 1 aromatic heterocycles. The van der Waals surface area contributed by atoms with Gasteiger partial charge in [-0.2, -0.15) is 0 Å². The molecule has 0 amide bonds. The lowest BCUT2D eigenvalue weighted by atomic mass is 9.87. The van der Waals surface area contributed by atoms with Gasteiger partial charge in [-0.15, -0.1) is 0 Å². The van der Waals surface area contributed by atoms with E-state index in [-0.39, 0.29) is 0 Å². The number of nitrogens with one attached hydrogen (secondary N) is 2. The molecule has 0 radical (unpaired) electrons. The lowest BCUT2D eigenvalue weighted by Gasteiger charge is -2.28. The summed E-state index contributed by atoms with van der Waals surface area (Å²) >= 11 is 0. The maximum atomic E-state index is 4.33. The van der Waals surface area contributed by atoms with Gasteiger partial charge < -0.3 is 10.6 Å². The molecule has 1 aliphatic rings. The quantitative estimate of drug-likeness (QED) is 0.661. The van der Waals surface area contributed by atoms with Gasteiger partial charge >= 0.3 is 0 Å². The molecule has 4 nitrogen and oxygen atoms in total. The van der Waals surface area contributed by atoms with Crippen molar-refractivity contribution in [1.29, 1.82) is 0 Å². The van der Waals surface area contributed by atoms with Crippen LogP contribution in [0.25, 0.3) is 0 Å². The molecular weight excluding hydrogens is 260 g/mol. The van der Waals surface area contributed by atoms with E-state index in [1.165, 1.54) is 31.2 Å². The first-order valence-corrected chi connectivity index (χ1v) is 8.06. The first-order valence-electron chi connectivity index (χ1n) is 8.06. The van der Waals surface area contributed by atoms with Gasteiger partial charge in [-0.25, -0.2) is 0 Å². The summed E-state index contributed by atoms with van der Waals surface area (Å²) in [6.45, 7) is 5.24. The number of aryl methyl sites for hydroxylation is 1. The molecular formula is C17H28N4. The zero-order valence-electron chi connectivity index (χ0n) is 13.5. The van der Waals surface area contributed by atoms with Gasteiger partial charge in [0.15, 0.2) is 5.96 Å². The summed E-state index contributed by atoms with van der Waals surface area (Å²) in [5.74, 6) is 1.75. The van der Waals surface area contributed by atoms with Gasteiger partial charge in [-0.05, 0) is 43.7 Å². The van der Waals surface area contributed by atoms with Crippen LogP contribution in [0.15, 0.2) is 23.3 Å². The maximum absolute atomic E-state index is 4.33. The fourth-order valence-electron chi connectivity index (χ4n) is 2.92. The van der Waals surface area contributed by atoms with E-state index in [0.29, 0.717) is 6.04 Å². The first-order chi connectivity index (χ1) is 10.2. The van der Waals surface area contributed by atoms with Crippen LogP contribution < -0.4 is 10.6 Å². The second-order valence-corrected chi connectivity index (χ2v) is 6.17. The number of aliphatic imine (C=N–C) groups is 1. The van der Waals surface area contributed by atoms with E-state index >= 15 is 0 Å². The SMILES string of the molecule is CN=C(NCCc1ccc(C)nc1)NC1CCCC(C)C1. The van der Waals surface area contributed by atoms with E-state index in [9.17, 15) is 0 Å². The van der Waals surface area contributed by atoms with E-state index in [1.807, 2.05) is 20.2 Å². The topological polar surface area (TPSA) is 49.3 Å². The Morgan fingerprint density at radius 1 is 1.38 bits per heavy atom. The van der Waals surface area contributed by atoms with Gasteiger partial charge in [0, 0.05) is 31.5 Å². The highest BCUT2D eigenvalue weighted by Gasteiger charge is 2.19. The number of hydrogen-bond acceptors (Lipinski definition) is 2. The Balaban J connectivity index is 1.73. The van der Waals surface area contributed by atoms with Crippen molar-refractivity contribution in [3.63, 3.8) is 0 Å². The maximum Gasteiger partial charge on any atom is 0.191 e. The Labute approximate surface area is 128 Å². The van der Waals surface area contributed by atoms with Gasteiger partial charge in [0.1, 0.15) is 0 Å². The van der Waals surface area contributed by atoms with Crippen molar-refractivity contribution in [2.45, 2.75) is 52.0 Å². The number of rotatable bonds is 4. The Kier molecular flexibility index (Phi) is 6.03. The number of hydrogen-bond donors (Lipinski definition) is 2. The molecule has 2 atom stereocenters. The molecule has 1 saturated carbocycles. The normalized spacial score (nSPS) is 22.9. The molecule has 1 aliphatic carbocycles. The van der Waals surface area contributed by atoms with E-state index in [2.05, 4.69) is 39.7 Å². The number of pyridine rings is 1. The molecule has 4 heteroatoms. The van der Waals surface area contributed by atoms with Crippen LogP contribution in [0.4, 0.5) is 0 Å². The Hall–Kier alpha value is -1.58. The molecule has 2 N–H and O–H groups in total. The standard InChI is InChI=1S/C17H28N4/c1-13-5-4-6-16(11-13)21-17(18-3)19-10-9-15-8-7-14(2)20-12-15/h7-8,12-13,16H,4-6,9-11H2,1-3H3,(H2,18,19,21). The van der Waals surface area contributed by atoms with Gasteiger partial charge in [0.25, 0.3) is 0 Å². The second-order valence-electron chi connectivity index (χ2n) is 6.17. The minimum Gasteiger partial charge on any atom is -0.356 e. The second kappa shape index (κ2) is 8.01. The van der Waals surface area contributed by atoms with Crippen LogP contribution in [0.1, 0.15) is 43.9 Å². The summed E-state index contributed by atoms with van der Waals surface area (Å²) in [6, 6.07) is 4.77. The number of nitrogens with zero attached hydrogens (tertiary/aromatic N) is 2. The van der Waals surface area contributed by atoms with Crippen molar-refractivity contribution >= 4 is 5.96 Å². The van der Waals surface area contributed by atoms with Gasteiger partial charge in [-0.1, -0.05) is 25.8 Å². The molecule has 0 bridgehead atoms. The van der Waals surface area contributed by atoms with Crippen molar-refractivity contribution in [2.75, 3.05) is 13.6 Å². The Morgan fingerprint density at radius 3 is 2.90 bits per heavy atom. The minimum atomic E-state index is 0.570. The van der Waals surface area contributed by atoms with E-state index in [1.54, 1.807) is 0 Å². The summed E-state index contributed by atoms with van der Waals surface area (Å²) in [5.41, 5.74) is 2.32. The van der Waals surface area contributed by atoms with Crippen LogP contribution in [0, 0.1) is 12.8 Å². The predicted molar refractivity (Wildman–Crippen MR) is 88.6 cm³/mol. The van der Waals surface area contributed by atoms with Crippen LogP contribution in [0.2, 0.25) is 0 Å². The van der Waals surface area contributed by atoms with Crippen LogP contribution in [-0.4, -0.2) is 30.6 Å². The fourth-order valence-corrected chi connectivity index (χ4v) is 2.92. The monoisotopic (exact) mass is 288 g/mol. The smallest absolute Gasteiger partial charge is 0.191 e. The molecule has 0 aliphatic heterocycles. The van der Waals surface area contributed by atoms with Crippen LogP contribution in [-0.2, 0) is 6.42 Å². The third-order valence-corrected chi connectivity index (χ3v) is 4.18. The minimum absolute atomic E-state index is 0.570. The molecule has 1 heterocycles. The van der Waals surface area contributed by atoms with Crippen molar-refractivity contribution < 1.29 is 0 Å². The molecule has 21 heavy (non-hydrogen) atoms. The third-order valence-electron chi connectivity index (χ3n) is 4.18. The predicted octanol–water partition coefficient (Wildman–Crippen LogP) is 2.68. The van der Waals surface area contributed by atoms with Crippen molar-refractivity contribution in [1.82, 2.24) is 15.6 Å². The summed E-state index contributed by atoms with van der Waals surface area (Å²) < 4.78 is 0. The molecule has 116 valence electrons. The lowest BCUT2D eigenvalue weighted by Crippen LogP contribution is -2.45. The summed E-state index contributed by atoms with van der Waals surface area (Å²) in [6.07, 6.45) is 8.12. The van der Waals surface area contributed by atoms with Crippen molar-refractivity contribution in [3.05, 3.63) is 29.6 Å². The summed E-state index contributed by atoms with van der Waals surface area (Å²) in [5, 5.41) is 6.96.